The van der Waals surface area contributed by atoms with E-state index in [2.05, 4.69) is 5.32 Å². The average molecular weight is 427 g/mol. The molecule has 148 valence electrons. The number of nitrogens with one attached hydrogen (secondary N) is 1. The van der Waals surface area contributed by atoms with Crippen molar-refractivity contribution in [2.75, 3.05) is 12.4 Å². The van der Waals surface area contributed by atoms with Crippen LogP contribution in [0.3, 0.4) is 0 Å². The molecule has 0 saturated heterocycles. The number of imidazole rings is 1. The first-order chi connectivity index (χ1) is 14.0. The smallest absolute Gasteiger partial charge is 0.167 e. The van der Waals surface area contributed by atoms with Crippen molar-refractivity contribution in [3.63, 3.8) is 0 Å². The van der Waals surface area contributed by atoms with Crippen LogP contribution in [0, 0.1) is 13.8 Å². The zero-order valence-electron chi connectivity index (χ0n) is 16.3. The highest BCUT2D eigenvalue weighted by Gasteiger charge is 2.17. The van der Waals surface area contributed by atoms with Gasteiger partial charge in [0, 0.05) is 17.3 Å². The second-order valence-electron chi connectivity index (χ2n) is 6.78. The number of hydrogen-bond donors (Lipinski definition) is 1. The Balaban J connectivity index is 1.74. The molecule has 0 aliphatic heterocycles. The summed E-state index contributed by atoms with van der Waals surface area (Å²) in [5, 5.41) is 4.63. The van der Waals surface area contributed by atoms with Crippen LogP contribution in [0.1, 0.15) is 17.1 Å². The summed E-state index contributed by atoms with van der Waals surface area (Å²) in [6.07, 6.45) is 0. The molecule has 0 amide bonds. The van der Waals surface area contributed by atoms with Gasteiger partial charge < -0.3 is 10.1 Å². The third kappa shape index (κ3) is 3.88. The molecule has 5 nitrogen and oxygen atoms in total. The fourth-order valence-corrected chi connectivity index (χ4v) is 3.80. The van der Waals surface area contributed by atoms with Crippen LogP contribution in [-0.4, -0.2) is 21.6 Å². The lowest BCUT2D eigenvalue weighted by atomic mass is 10.2. The number of ether oxygens (including phenoxy) is 1. The number of halogens is 2. The Labute approximate surface area is 179 Å². The standard InChI is InChI=1S/C22H20Cl2N4O/c1-13-10-19(25-12-15-4-7-17(29-3)8-5-15)21-22(26-13)28(14(2)27-21)20-9-6-16(23)11-18(20)24/h4-11H,12H2,1-3H3,(H,25,26). The summed E-state index contributed by atoms with van der Waals surface area (Å²) in [4.78, 5) is 9.49. The van der Waals surface area contributed by atoms with Gasteiger partial charge in [-0.15, -0.1) is 0 Å². The lowest BCUT2D eigenvalue weighted by Gasteiger charge is -2.11. The van der Waals surface area contributed by atoms with Crippen LogP contribution in [0.5, 0.6) is 5.75 Å². The number of fused-ring (bicyclic) bond motifs is 1. The maximum Gasteiger partial charge on any atom is 0.167 e. The minimum Gasteiger partial charge on any atom is -0.497 e. The van der Waals surface area contributed by atoms with E-state index in [4.69, 9.17) is 37.9 Å². The number of aryl methyl sites for hydroxylation is 2. The fourth-order valence-electron chi connectivity index (χ4n) is 3.31. The van der Waals surface area contributed by atoms with E-state index < -0.39 is 0 Å². The minimum absolute atomic E-state index is 0.552. The largest absolute Gasteiger partial charge is 0.497 e. The molecule has 0 radical (unpaired) electrons. The Morgan fingerprint density at radius 1 is 1.00 bits per heavy atom. The van der Waals surface area contributed by atoms with E-state index in [0.29, 0.717) is 16.6 Å². The number of methoxy groups -OCH3 is 1. The van der Waals surface area contributed by atoms with Crippen molar-refractivity contribution in [1.29, 1.82) is 0 Å². The van der Waals surface area contributed by atoms with E-state index in [1.807, 2.05) is 60.9 Å². The summed E-state index contributed by atoms with van der Waals surface area (Å²) in [6.45, 7) is 4.57. The predicted molar refractivity (Wildman–Crippen MR) is 119 cm³/mol. The SMILES string of the molecule is COc1ccc(CNc2cc(C)nc3c2nc(C)n3-c2ccc(Cl)cc2Cl)cc1. The molecule has 0 atom stereocenters. The zero-order valence-corrected chi connectivity index (χ0v) is 17.8. The third-order valence-electron chi connectivity index (χ3n) is 4.70. The van der Waals surface area contributed by atoms with Crippen molar-refractivity contribution in [2.24, 2.45) is 0 Å². The Hall–Kier alpha value is -2.76. The van der Waals surface area contributed by atoms with Crippen LogP contribution in [-0.2, 0) is 6.54 Å². The molecule has 0 fully saturated rings. The van der Waals surface area contributed by atoms with Crippen molar-refractivity contribution in [2.45, 2.75) is 20.4 Å². The molecule has 0 unspecified atom stereocenters. The van der Waals surface area contributed by atoms with E-state index in [0.717, 1.165) is 45.4 Å². The summed E-state index contributed by atoms with van der Waals surface area (Å²) in [5.41, 5.74) is 5.31. The number of nitrogens with zero attached hydrogens (tertiary/aromatic N) is 3. The van der Waals surface area contributed by atoms with Crippen molar-refractivity contribution < 1.29 is 4.74 Å². The highest BCUT2D eigenvalue weighted by molar-refractivity contribution is 6.35. The van der Waals surface area contributed by atoms with Gasteiger partial charge in [0.15, 0.2) is 5.65 Å². The van der Waals surface area contributed by atoms with Crippen LogP contribution < -0.4 is 10.1 Å². The van der Waals surface area contributed by atoms with Gasteiger partial charge in [-0.1, -0.05) is 35.3 Å². The van der Waals surface area contributed by atoms with Gasteiger partial charge in [0.05, 0.1) is 23.5 Å². The van der Waals surface area contributed by atoms with Crippen molar-refractivity contribution in [1.82, 2.24) is 14.5 Å². The Bertz CT molecular complexity index is 1190. The molecule has 0 saturated carbocycles. The first-order valence-corrected chi connectivity index (χ1v) is 9.91. The quantitative estimate of drug-likeness (QED) is 0.427. The Morgan fingerprint density at radius 3 is 2.45 bits per heavy atom. The molecule has 0 aliphatic carbocycles. The maximum atomic E-state index is 6.45. The second-order valence-corrected chi connectivity index (χ2v) is 7.62. The lowest BCUT2D eigenvalue weighted by molar-refractivity contribution is 0.414. The van der Waals surface area contributed by atoms with Gasteiger partial charge in [-0.3, -0.25) is 4.57 Å². The Morgan fingerprint density at radius 2 is 1.76 bits per heavy atom. The lowest BCUT2D eigenvalue weighted by Crippen LogP contribution is -2.03. The number of benzene rings is 2. The van der Waals surface area contributed by atoms with Crippen molar-refractivity contribution >= 4 is 40.1 Å². The van der Waals surface area contributed by atoms with Crippen LogP contribution in [0.2, 0.25) is 10.0 Å². The summed E-state index contributed by atoms with van der Waals surface area (Å²) >= 11 is 12.5. The van der Waals surface area contributed by atoms with Gasteiger partial charge in [-0.2, -0.15) is 0 Å². The number of pyridine rings is 1. The molecule has 4 rings (SSSR count). The second kappa shape index (κ2) is 7.93. The Kier molecular flexibility index (Phi) is 5.35. The van der Waals surface area contributed by atoms with Gasteiger partial charge in [-0.25, -0.2) is 9.97 Å². The molecular weight excluding hydrogens is 407 g/mol. The molecule has 1 N–H and O–H groups in total. The molecule has 2 heterocycles. The first kappa shape index (κ1) is 19.6. The molecule has 0 aliphatic rings. The average Bonchev–Trinajstić information content (AvgIpc) is 3.02. The molecule has 29 heavy (non-hydrogen) atoms. The molecular formula is C22H20Cl2N4O. The monoisotopic (exact) mass is 426 g/mol. The molecule has 0 bridgehead atoms. The van der Waals surface area contributed by atoms with Gasteiger partial charge >= 0.3 is 0 Å². The van der Waals surface area contributed by atoms with Crippen molar-refractivity contribution in [3.05, 3.63) is 75.7 Å². The van der Waals surface area contributed by atoms with Crippen LogP contribution in [0.4, 0.5) is 5.69 Å². The van der Waals surface area contributed by atoms with Crippen LogP contribution in [0.15, 0.2) is 48.5 Å². The topological polar surface area (TPSA) is 52.0 Å². The van der Waals surface area contributed by atoms with E-state index >= 15 is 0 Å². The van der Waals surface area contributed by atoms with Gasteiger partial charge in [0.2, 0.25) is 0 Å². The maximum absolute atomic E-state index is 6.45. The van der Waals surface area contributed by atoms with E-state index in [9.17, 15) is 0 Å². The highest BCUT2D eigenvalue weighted by Crippen LogP contribution is 2.31. The van der Waals surface area contributed by atoms with Gasteiger partial charge in [0.25, 0.3) is 0 Å². The van der Waals surface area contributed by atoms with Crippen molar-refractivity contribution in [3.8, 4) is 11.4 Å². The summed E-state index contributed by atoms with van der Waals surface area (Å²) in [5.74, 6) is 1.64. The van der Waals surface area contributed by atoms with Crippen LogP contribution >= 0.6 is 23.2 Å². The number of aromatic nitrogens is 3. The third-order valence-corrected chi connectivity index (χ3v) is 5.24. The highest BCUT2D eigenvalue weighted by atomic mass is 35.5. The number of hydrogen-bond acceptors (Lipinski definition) is 4. The normalized spacial score (nSPS) is 11.1. The van der Waals surface area contributed by atoms with E-state index in [-0.39, 0.29) is 0 Å². The number of rotatable bonds is 5. The van der Waals surface area contributed by atoms with E-state index in [1.54, 1.807) is 13.2 Å². The molecule has 7 heteroatoms. The minimum atomic E-state index is 0.552. The summed E-state index contributed by atoms with van der Waals surface area (Å²) in [7, 11) is 1.66. The molecule has 0 spiro atoms. The molecule has 2 aromatic carbocycles. The summed E-state index contributed by atoms with van der Waals surface area (Å²) in [6, 6.07) is 15.4. The molecule has 4 aromatic rings. The van der Waals surface area contributed by atoms with Gasteiger partial charge in [-0.05, 0) is 55.8 Å². The zero-order chi connectivity index (χ0) is 20.5. The van der Waals surface area contributed by atoms with E-state index in [1.165, 1.54) is 0 Å². The first-order valence-electron chi connectivity index (χ1n) is 9.15. The fraction of sp³-hybridized carbons (Fsp3) is 0.182. The van der Waals surface area contributed by atoms with Gasteiger partial charge in [0.1, 0.15) is 17.1 Å². The predicted octanol–water partition coefficient (Wildman–Crippen LogP) is 5.96. The summed E-state index contributed by atoms with van der Waals surface area (Å²) < 4.78 is 7.18. The number of anilines is 1. The molecule has 2 aromatic heterocycles. The van der Waals surface area contributed by atoms with Crippen LogP contribution in [0.25, 0.3) is 16.9 Å².